The zero-order valence-electron chi connectivity index (χ0n) is 43.4. The van der Waals surface area contributed by atoms with E-state index in [4.69, 9.17) is 0 Å². The van der Waals surface area contributed by atoms with Crippen LogP contribution in [0.5, 0.6) is 0 Å². The number of nitrogens with zero attached hydrogens (tertiary/aromatic N) is 2. The Kier molecular flexibility index (Phi) is 9.47. The van der Waals surface area contributed by atoms with Crippen LogP contribution >= 0.6 is 0 Å². The highest BCUT2D eigenvalue weighted by Crippen LogP contribution is 2.58. The molecule has 0 saturated heterocycles. The minimum Gasteiger partial charge on any atom is -0.311 e. The molecule has 2 spiro atoms. The highest BCUT2D eigenvalue weighted by atomic mass is 28.3. The molecule has 0 saturated carbocycles. The number of aryl methyl sites for hydroxylation is 1. The standard InChI is InChI=1S/C75H54N2Si/c1-3-19-51-41-53(35-33-49(51)17-1)73-62-40-38-60(77-69-29-13-15-31-71(69)78(72-32-16-14-30-70(72)77)47-57-23-7-8-24-58(57)48-78)44-64(62)74(54-36-34-50-18-2-4-20-52(50)42-54)61-39-37-59(43-63(61)73)76-67-27-11-9-25-65(67)75(66-26-10-12-28-68(66)76)45-55-21-5-6-22-56(55)46-75/h1-32,34,36-44H,33,35,45-48H2. The van der Waals surface area contributed by atoms with Crippen LogP contribution in [0.4, 0.5) is 34.1 Å². The van der Waals surface area contributed by atoms with E-state index in [-0.39, 0.29) is 5.41 Å². The smallest absolute Gasteiger partial charge is 0.132 e. The first-order chi connectivity index (χ1) is 38.6. The van der Waals surface area contributed by atoms with Crippen LogP contribution in [-0.2, 0) is 36.8 Å². The van der Waals surface area contributed by atoms with Crippen molar-refractivity contribution in [2.45, 2.75) is 43.2 Å². The van der Waals surface area contributed by atoms with E-state index in [1.54, 1.807) is 0 Å². The molecule has 12 aromatic rings. The van der Waals surface area contributed by atoms with E-state index in [0.29, 0.717) is 0 Å². The molecule has 0 bridgehead atoms. The molecule has 78 heavy (non-hydrogen) atoms. The normalized spacial score (nSPS) is 15.9. The molecule has 2 aliphatic carbocycles. The zero-order chi connectivity index (χ0) is 51.1. The highest BCUT2D eigenvalue weighted by molar-refractivity contribution is 7.04. The first kappa shape index (κ1) is 44.1. The second-order valence-corrected chi connectivity index (χ2v) is 26.7. The number of para-hydroxylation sites is 4. The van der Waals surface area contributed by atoms with Gasteiger partial charge in [0.05, 0.1) is 11.4 Å². The van der Waals surface area contributed by atoms with Gasteiger partial charge >= 0.3 is 0 Å². The molecule has 0 N–H and O–H groups in total. The lowest BCUT2D eigenvalue weighted by atomic mass is 9.68. The Hall–Kier alpha value is -9.02. The topological polar surface area (TPSA) is 6.48 Å². The van der Waals surface area contributed by atoms with E-state index in [0.717, 1.165) is 37.8 Å². The van der Waals surface area contributed by atoms with Gasteiger partial charge in [-0.15, -0.1) is 0 Å². The average Bonchev–Trinajstić information content (AvgIpc) is 4.27. The van der Waals surface area contributed by atoms with Crippen molar-refractivity contribution in [2.75, 3.05) is 9.80 Å². The molecule has 0 radical (unpaired) electrons. The zero-order valence-corrected chi connectivity index (χ0v) is 44.4. The molecule has 17 rings (SSSR count). The Morgan fingerprint density at radius 1 is 0.346 bits per heavy atom. The molecule has 12 aromatic carbocycles. The van der Waals surface area contributed by atoms with Gasteiger partial charge in [0.15, 0.2) is 0 Å². The van der Waals surface area contributed by atoms with Gasteiger partial charge in [-0.1, -0.05) is 200 Å². The van der Waals surface area contributed by atoms with Crippen LogP contribution in [0.1, 0.15) is 56.5 Å². The molecule has 0 fully saturated rings. The number of benzene rings is 12. The fourth-order valence-electron chi connectivity index (χ4n) is 15.5. The second kappa shape index (κ2) is 16.7. The molecule has 3 heterocycles. The van der Waals surface area contributed by atoms with Crippen molar-refractivity contribution in [2.24, 2.45) is 0 Å². The van der Waals surface area contributed by atoms with Gasteiger partial charge in [-0.25, -0.2) is 0 Å². The lowest BCUT2D eigenvalue weighted by molar-refractivity contribution is 0.543. The van der Waals surface area contributed by atoms with Crippen LogP contribution < -0.4 is 20.2 Å². The van der Waals surface area contributed by atoms with E-state index in [9.17, 15) is 0 Å². The molecule has 368 valence electrons. The van der Waals surface area contributed by atoms with Gasteiger partial charge in [0.25, 0.3) is 0 Å². The van der Waals surface area contributed by atoms with Gasteiger partial charge < -0.3 is 9.80 Å². The summed E-state index contributed by atoms with van der Waals surface area (Å²) >= 11 is 0. The van der Waals surface area contributed by atoms with Crippen molar-refractivity contribution in [3.05, 3.63) is 299 Å². The molecule has 0 aromatic heterocycles. The Bertz CT molecular complexity index is 4410. The van der Waals surface area contributed by atoms with Crippen molar-refractivity contribution in [3.63, 3.8) is 0 Å². The molecular weight excluding hydrogens is 957 g/mol. The number of allylic oxidation sites excluding steroid dienone is 1. The van der Waals surface area contributed by atoms with Gasteiger partial charge in [0.2, 0.25) is 0 Å². The monoisotopic (exact) mass is 1010 g/mol. The SMILES string of the molecule is C1=C(c2c3cc(N4c5ccccc5C5(Cc6ccccc6C5)c5ccccc54)ccc3c(-c3ccc4ccccc4c3)c3cc(N4c5ccccc5[Si]5(Cc6ccccc6C5)c5ccccc54)ccc23)CCc2ccccc21. The maximum Gasteiger partial charge on any atom is 0.132 e. The van der Waals surface area contributed by atoms with Crippen LogP contribution in [0, 0.1) is 0 Å². The summed E-state index contributed by atoms with van der Waals surface area (Å²) in [5, 5.41) is 10.7. The maximum absolute atomic E-state index is 2.61. The van der Waals surface area contributed by atoms with Crippen molar-refractivity contribution >= 4 is 96.5 Å². The number of fused-ring (bicyclic) bond motifs is 14. The van der Waals surface area contributed by atoms with Crippen molar-refractivity contribution < 1.29 is 0 Å². The highest BCUT2D eigenvalue weighted by Gasteiger charge is 2.50. The molecule has 3 heteroatoms. The summed E-state index contributed by atoms with van der Waals surface area (Å²) < 4.78 is 0. The van der Waals surface area contributed by atoms with E-state index in [1.807, 2.05) is 0 Å². The molecule has 2 nitrogen and oxygen atoms in total. The second-order valence-electron chi connectivity index (χ2n) is 22.8. The Morgan fingerprint density at radius 2 is 0.833 bits per heavy atom. The summed E-state index contributed by atoms with van der Waals surface area (Å²) in [6.07, 6.45) is 6.47. The van der Waals surface area contributed by atoms with E-state index in [1.165, 1.54) is 144 Å². The first-order valence-electron chi connectivity index (χ1n) is 28.0. The van der Waals surface area contributed by atoms with Crippen LogP contribution in [0.3, 0.4) is 0 Å². The quantitative estimate of drug-likeness (QED) is 0.128. The summed E-state index contributed by atoms with van der Waals surface area (Å²) in [6.45, 7) is 0. The van der Waals surface area contributed by atoms with Crippen LogP contribution in [-0.4, -0.2) is 8.07 Å². The Morgan fingerprint density at radius 3 is 1.47 bits per heavy atom. The van der Waals surface area contributed by atoms with Gasteiger partial charge in [-0.05, 0) is 202 Å². The largest absolute Gasteiger partial charge is 0.311 e. The van der Waals surface area contributed by atoms with Crippen molar-refractivity contribution in [1.82, 2.24) is 0 Å². The van der Waals surface area contributed by atoms with E-state index < -0.39 is 8.07 Å². The Labute approximate surface area is 456 Å². The fourth-order valence-corrected chi connectivity index (χ4v) is 20.9. The van der Waals surface area contributed by atoms with Crippen molar-refractivity contribution in [1.29, 1.82) is 0 Å². The lowest BCUT2D eigenvalue weighted by Crippen LogP contribution is -2.64. The Balaban J connectivity index is 0.933. The van der Waals surface area contributed by atoms with Gasteiger partial charge in [0.1, 0.15) is 8.07 Å². The third-order valence-electron chi connectivity index (χ3n) is 18.9. The molecule has 0 atom stereocenters. The third kappa shape index (κ3) is 6.31. The number of rotatable bonds is 4. The summed E-state index contributed by atoms with van der Waals surface area (Å²) in [4.78, 5) is 5.19. The third-order valence-corrected chi connectivity index (χ3v) is 23.7. The molecule has 5 aliphatic rings. The predicted molar refractivity (Wildman–Crippen MR) is 330 cm³/mol. The van der Waals surface area contributed by atoms with E-state index in [2.05, 4.69) is 265 Å². The van der Waals surface area contributed by atoms with E-state index >= 15 is 0 Å². The number of hydrogen-bond donors (Lipinski definition) is 0. The maximum atomic E-state index is 2.61. The molecule has 0 amide bonds. The van der Waals surface area contributed by atoms with Crippen LogP contribution in [0.15, 0.2) is 249 Å². The fraction of sp³-hybridized carbons (Fsp3) is 0.0933. The first-order valence-corrected chi connectivity index (χ1v) is 30.5. The lowest BCUT2D eigenvalue weighted by Gasteiger charge is -2.44. The van der Waals surface area contributed by atoms with Crippen LogP contribution in [0.2, 0.25) is 0 Å². The van der Waals surface area contributed by atoms with Gasteiger partial charge in [-0.3, -0.25) is 0 Å². The minimum absolute atomic E-state index is 0.146. The predicted octanol–water partition coefficient (Wildman–Crippen LogP) is 17.4. The summed E-state index contributed by atoms with van der Waals surface area (Å²) in [6, 6.07) is 98.0. The number of hydrogen-bond acceptors (Lipinski definition) is 2. The van der Waals surface area contributed by atoms with Crippen molar-refractivity contribution in [3.8, 4) is 11.1 Å². The van der Waals surface area contributed by atoms with Crippen LogP contribution in [0.25, 0.3) is 55.1 Å². The average molecular weight is 1010 g/mol. The minimum atomic E-state index is -2.22. The molecule has 3 aliphatic heterocycles. The summed E-state index contributed by atoms with van der Waals surface area (Å²) in [5.41, 5.74) is 24.2. The van der Waals surface area contributed by atoms with Gasteiger partial charge in [0, 0.05) is 28.2 Å². The number of anilines is 6. The molecule has 0 unspecified atom stereocenters. The van der Waals surface area contributed by atoms with Gasteiger partial charge in [-0.2, -0.15) is 0 Å². The summed E-state index contributed by atoms with van der Waals surface area (Å²) in [5.74, 6) is 0. The summed E-state index contributed by atoms with van der Waals surface area (Å²) in [7, 11) is -2.22. The molecular formula is C75H54N2Si.